The van der Waals surface area contributed by atoms with Crippen molar-refractivity contribution in [1.82, 2.24) is 0 Å². The minimum atomic E-state index is 0.264. The summed E-state index contributed by atoms with van der Waals surface area (Å²) in [5.41, 5.74) is 8.76. The van der Waals surface area contributed by atoms with E-state index < -0.39 is 0 Å². The topological polar surface area (TPSA) is 38.0 Å². The van der Waals surface area contributed by atoms with Crippen molar-refractivity contribution < 1.29 is 0 Å². The molecule has 1 atom stereocenters. The number of benzene rings is 1. The van der Waals surface area contributed by atoms with Gasteiger partial charge in [-0.2, -0.15) is 0 Å². The molecule has 1 aromatic carbocycles. The molecule has 1 unspecified atom stereocenters. The number of nitrogen functional groups attached to an aromatic ring is 1. The maximum absolute atomic E-state index is 5.77. The Morgan fingerprint density at radius 3 is 2.85 bits per heavy atom. The summed E-state index contributed by atoms with van der Waals surface area (Å²) in [6.07, 6.45) is 1.86. The van der Waals surface area contributed by atoms with E-state index in [0.717, 1.165) is 16.9 Å². The fourth-order valence-corrected chi connectivity index (χ4v) is 1.11. The Labute approximate surface area is 79.5 Å². The molecule has 1 rings (SSSR count). The Morgan fingerprint density at radius 1 is 1.54 bits per heavy atom. The summed E-state index contributed by atoms with van der Waals surface area (Å²) < 4.78 is 0. The SMILES string of the molecule is C=CC(C)Nc1cccc(N)c1C. The summed E-state index contributed by atoms with van der Waals surface area (Å²) >= 11 is 0. The highest BCUT2D eigenvalue weighted by molar-refractivity contribution is 5.63. The van der Waals surface area contributed by atoms with Gasteiger partial charge in [-0.15, -0.1) is 6.58 Å². The van der Waals surface area contributed by atoms with Crippen LogP contribution in [-0.2, 0) is 0 Å². The van der Waals surface area contributed by atoms with Crippen molar-refractivity contribution in [1.29, 1.82) is 0 Å². The summed E-state index contributed by atoms with van der Waals surface area (Å²) in [6.45, 7) is 7.77. The van der Waals surface area contributed by atoms with Crippen molar-refractivity contribution in [2.24, 2.45) is 0 Å². The number of hydrogen-bond donors (Lipinski definition) is 2. The molecule has 1 aromatic rings. The molecule has 70 valence electrons. The smallest absolute Gasteiger partial charge is 0.0413 e. The molecule has 0 aromatic heterocycles. The second-order valence-electron chi connectivity index (χ2n) is 3.19. The number of nitrogens with one attached hydrogen (secondary N) is 1. The third-order valence-electron chi connectivity index (χ3n) is 2.11. The Morgan fingerprint density at radius 2 is 2.23 bits per heavy atom. The van der Waals surface area contributed by atoms with E-state index >= 15 is 0 Å². The molecule has 2 nitrogen and oxygen atoms in total. The van der Waals surface area contributed by atoms with Crippen LogP contribution < -0.4 is 11.1 Å². The highest BCUT2D eigenvalue weighted by Crippen LogP contribution is 2.20. The predicted molar refractivity (Wildman–Crippen MR) is 58.9 cm³/mol. The summed E-state index contributed by atoms with van der Waals surface area (Å²) in [5.74, 6) is 0. The maximum atomic E-state index is 5.77. The molecule has 0 spiro atoms. The summed E-state index contributed by atoms with van der Waals surface area (Å²) in [6, 6.07) is 6.13. The first-order chi connectivity index (χ1) is 6.15. The van der Waals surface area contributed by atoms with Crippen LogP contribution in [0.3, 0.4) is 0 Å². The quantitative estimate of drug-likeness (QED) is 0.548. The Bertz CT molecular complexity index is 305. The van der Waals surface area contributed by atoms with Gasteiger partial charge >= 0.3 is 0 Å². The van der Waals surface area contributed by atoms with Crippen LogP contribution in [0.2, 0.25) is 0 Å². The predicted octanol–water partition coefficient (Wildman–Crippen LogP) is 2.56. The number of nitrogens with two attached hydrogens (primary N) is 1. The van der Waals surface area contributed by atoms with Crippen LogP contribution in [0.25, 0.3) is 0 Å². The fraction of sp³-hybridized carbons (Fsp3) is 0.273. The van der Waals surface area contributed by atoms with Crippen LogP contribution in [0.4, 0.5) is 11.4 Å². The average molecular weight is 176 g/mol. The average Bonchev–Trinajstić information content (AvgIpc) is 2.13. The van der Waals surface area contributed by atoms with E-state index in [1.165, 1.54) is 0 Å². The Kier molecular flexibility index (Phi) is 2.96. The first-order valence-corrected chi connectivity index (χ1v) is 4.39. The summed E-state index contributed by atoms with van der Waals surface area (Å²) in [7, 11) is 0. The molecule has 0 aliphatic carbocycles. The molecule has 0 aliphatic heterocycles. The third-order valence-corrected chi connectivity index (χ3v) is 2.11. The van der Waals surface area contributed by atoms with Gasteiger partial charge in [-0.25, -0.2) is 0 Å². The first kappa shape index (κ1) is 9.65. The molecule has 0 saturated carbocycles. The van der Waals surface area contributed by atoms with E-state index in [1.54, 1.807) is 0 Å². The lowest BCUT2D eigenvalue weighted by molar-refractivity contribution is 0.998. The normalized spacial score (nSPS) is 12.2. The van der Waals surface area contributed by atoms with Gasteiger partial charge in [0.1, 0.15) is 0 Å². The number of hydrogen-bond acceptors (Lipinski definition) is 2. The van der Waals surface area contributed by atoms with E-state index in [9.17, 15) is 0 Å². The largest absolute Gasteiger partial charge is 0.398 e. The van der Waals surface area contributed by atoms with Gasteiger partial charge in [0.15, 0.2) is 0 Å². The molecule has 0 fully saturated rings. The monoisotopic (exact) mass is 176 g/mol. The van der Waals surface area contributed by atoms with Gasteiger partial charge < -0.3 is 11.1 Å². The minimum absolute atomic E-state index is 0.264. The van der Waals surface area contributed by atoms with Crippen LogP contribution in [0.5, 0.6) is 0 Å². The van der Waals surface area contributed by atoms with E-state index in [0.29, 0.717) is 0 Å². The molecule has 0 bridgehead atoms. The Balaban J connectivity index is 2.88. The van der Waals surface area contributed by atoms with Gasteiger partial charge in [-0.1, -0.05) is 12.1 Å². The van der Waals surface area contributed by atoms with Gasteiger partial charge in [0, 0.05) is 17.4 Å². The third kappa shape index (κ3) is 2.25. The maximum Gasteiger partial charge on any atom is 0.0413 e. The van der Waals surface area contributed by atoms with E-state index in [-0.39, 0.29) is 6.04 Å². The van der Waals surface area contributed by atoms with Gasteiger partial charge in [0.2, 0.25) is 0 Å². The van der Waals surface area contributed by atoms with E-state index in [2.05, 4.69) is 18.8 Å². The first-order valence-electron chi connectivity index (χ1n) is 4.39. The lowest BCUT2D eigenvalue weighted by Crippen LogP contribution is -2.12. The molecule has 13 heavy (non-hydrogen) atoms. The minimum Gasteiger partial charge on any atom is -0.398 e. The molecule has 0 aliphatic rings. The molecule has 0 heterocycles. The lowest BCUT2D eigenvalue weighted by Gasteiger charge is -2.14. The highest BCUT2D eigenvalue weighted by atomic mass is 14.9. The second-order valence-corrected chi connectivity index (χ2v) is 3.19. The molecule has 0 radical (unpaired) electrons. The van der Waals surface area contributed by atoms with Crippen LogP contribution in [0, 0.1) is 6.92 Å². The van der Waals surface area contributed by atoms with Gasteiger partial charge in [0.25, 0.3) is 0 Å². The van der Waals surface area contributed by atoms with Crippen LogP contribution in [0.15, 0.2) is 30.9 Å². The molecule has 0 saturated heterocycles. The van der Waals surface area contributed by atoms with Crippen LogP contribution >= 0.6 is 0 Å². The zero-order chi connectivity index (χ0) is 9.84. The second kappa shape index (κ2) is 3.99. The van der Waals surface area contributed by atoms with Crippen LogP contribution in [-0.4, -0.2) is 6.04 Å². The molecular weight excluding hydrogens is 160 g/mol. The van der Waals surface area contributed by atoms with E-state index in [4.69, 9.17) is 5.73 Å². The molecule has 0 amide bonds. The van der Waals surface area contributed by atoms with Crippen molar-refractivity contribution in [3.8, 4) is 0 Å². The van der Waals surface area contributed by atoms with Crippen molar-refractivity contribution in [2.75, 3.05) is 11.1 Å². The molecule has 2 heteroatoms. The van der Waals surface area contributed by atoms with Crippen molar-refractivity contribution >= 4 is 11.4 Å². The highest BCUT2D eigenvalue weighted by Gasteiger charge is 2.01. The van der Waals surface area contributed by atoms with Crippen molar-refractivity contribution in [2.45, 2.75) is 19.9 Å². The molecular formula is C11H16N2. The zero-order valence-corrected chi connectivity index (χ0v) is 8.17. The zero-order valence-electron chi connectivity index (χ0n) is 8.17. The summed E-state index contributed by atoms with van der Waals surface area (Å²) in [4.78, 5) is 0. The van der Waals surface area contributed by atoms with Gasteiger partial charge in [-0.05, 0) is 31.5 Å². The van der Waals surface area contributed by atoms with Crippen LogP contribution in [0.1, 0.15) is 12.5 Å². The van der Waals surface area contributed by atoms with Crippen molar-refractivity contribution in [3.05, 3.63) is 36.4 Å². The lowest BCUT2D eigenvalue weighted by atomic mass is 10.1. The standard InChI is InChI=1S/C11H16N2/c1-4-8(2)13-11-7-5-6-10(12)9(11)3/h4-8,13H,1,12H2,2-3H3. The Hall–Kier alpha value is -1.44. The number of rotatable bonds is 3. The number of anilines is 2. The van der Waals surface area contributed by atoms with Gasteiger partial charge in [0.05, 0.1) is 0 Å². The molecule has 3 N–H and O–H groups in total. The van der Waals surface area contributed by atoms with Gasteiger partial charge in [-0.3, -0.25) is 0 Å². The fourth-order valence-electron chi connectivity index (χ4n) is 1.11. The summed E-state index contributed by atoms with van der Waals surface area (Å²) in [5, 5.41) is 3.30. The van der Waals surface area contributed by atoms with E-state index in [1.807, 2.05) is 31.2 Å². The van der Waals surface area contributed by atoms with Crippen molar-refractivity contribution in [3.63, 3.8) is 0 Å².